The molecule has 0 bridgehead atoms. The van der Waals surface area contributed by atoms with Crippen LogP contribution in [-0.2, 0) is 14.3 Å². The Morgan fingerprint density at radius 3 is 2.38 bits per heavy atom. The van der Waals surface area contributed by atoms with E-state index < -0.39 is 0 Å². The minimum Gasteiger partial charge on any atom is -0.497 e. The number of methoxy groups -OCH3 is 2. The lowest BCUT2D eigenvalue weighted by Gasteiger charge is -2.30. The smallest absolute Gasteiger partial charge is 0.242 e. The summed E-state index contributed by atoms with van der Waals surface area (Å²) in [6.07, 6.45) is 0. The van der Waals surface area contributed by atoms with E-state index in [9.17, 15) is 9.59 Å². The van der Waals surface area contributed by atoms with Gasteiger partial charge in [0.1, 0.15) is 23.9 Å². The van der Waals surface area contributed by atoms with E-state index in [4.69, 9.17) is 19.3 Å². The molecule has 0 radical (unpaired) electrons. The number of aromatic nitrogens is 2. The van der Waals surface area contributed by atoms with Gasteiger partial charge < -0.3 is 19.1 Å². The van der Waals surface area contributed by atoms with Crippen molar-refractivity contribution in [1.82, 2.24) is 14.7 Å². The molecule has 4 aromatic rings. The molecule has 2 aliphatic rings. The summed E-state index contributed by atoms with van der Waals surface area (Å²) in [4.78, 5) is 30.9. The number of thioether (sulfide) groups is 1. The third kappa shape index (κ3) is 5.35. The van der Waals surface area contributed by atoms with Gasteiger partial charge in [-0.3, -0.25) is 14.5 Å². The molecule has 1 atom stereocenters. The Kier molecular flexibility index (Phi) is 8.16. The molecule has 10 heteroatoms. The van der Waals surface area contributed by atoms with E-state index in [-0.39, 0.29) is 29.4 Å². The van der Waals surface area contributed by atoms with Crippen molar-refractivity contribution in [3.05, 3.63) is 90.0 Å². The number of ether oxygens (including phenoxy) is 3. The van der Waals surface area contributed by atoms with Crippen LogP contribution >= 0.6 is 11.8 Å². The second kappa shape index (κ2) is 12.3. The molecule has 3 aromatic carbocycles. The van der Waals surface area contributed by atoms with Gasteiger partial charge in [-0.25, -0.2) is 4.68 Å². The fourth-order valence-corrected chi connectivity index (χ4v) is 6.63. The lowest BCUT2D eigenvalue weighted by Crippen LogP contribution is -2.48. The van der Waals surface area contributed by atoms with Crippen LogP contribution in [0, 0.1) is 0 Å². The van der Waals surface area contributed by atoms with Crippen LogP contribution in [0.4, 0.5) is 5.82 Å². The van der Waals surface area contributed by atoms with E-state index >= 15 is 0 Å². The van der Waals surface area contributed by atoms with Gasteiger partial charge >= 0.3 is 0 Å². The average Bonchev–Trinajstić information content (AvgIpc) is 3.38. The van der Waals surface area contributed by atoms with Gasteiger partial charge in [-0.05, 0) is 30.3 Å². The van der Waals surface area contributed by atoms with Crippen LogP contribution in [0.25, 0.3) is 16.9 Å². The highest BCUT2D eigenvalue weighted by molar-refractivity contribution is 8.00. The number of anilines is 1. The maximum absolute atomic E-state index is 14.0. The molecule has 2 aliphatic heterocycles. The van der Waals surface area contributed by atoms with Crippen LogP contribution in [0.3, 0.4) is 0 Å². The number of carbonyl (C=O) groups excluding carboxylic acids is 2. The maximum atomic E-state index is 14.0. The van der Waals surface area contributed by atoms with Crippen LogP contribution in [-0.4, -0.2) is 79.3 Å². The number of morpholine rings is 1. The topological polar surface area (TPSA) is 86.1 Å². The van der Waals surface area contributed by atoms with Crippen LogP contribution in [0.2, 0.25) is 0 Å². The summed E-state index contributed by atoms with van der Waals surface area (Å²) in [5.41, 5.74) is 4.19. The zero-order chi connectivity index (χ0) is 29.1. The summed E-state index contributed by atoms with van der Waals surface area (Å²) in [7, 11) is 3.27. The molecule has 0 spiro atoms. The molecule has 0 aliphatic carbocycles. The largest absolute Gasteiger partial charge is 0.497 e. The number of benzene rings is 3. The van der Waals surface area contributed by atoms with Crippen molar-refractivity contribution >= 4 is 29.4 Å². The number of hydrogen-bond donors (Lipinski definition) is 0. The Hall–Kier alpha value is -4.28. The zero-order valence-corrected chi connectivity index (χ0v) is 24.4. The van der Waals surface area contributed by atoms with E-state index in [0.29, 0.717) is 37.9 Å². The average molecular weight is 585 g/mol. The van der Waals surface area contributed by atoms with Crippen LogP contribution < -0.4 is 14.4 Å². The fraction of sp³-hybridized carbons (Fsp3) is 0.281. The normalized spacial score (nSPS) is 17.0. The molecular weight excluding hydrogens is 552 g/mol. The van der Waals surface area contributed by atoms with E-state index in [0.717, 1.165) is 33.8 Å². The summed E-state index contributed by atoms with van der Waals surface area (Å²) in [5, 5.41) is 4.86. The van der Waals surface area contributed by atoms with E-state index in [1.165, 1.54) is 11.8 Å². The minimum absolute atomic E-state index is 0.0961. The van der Waals surface area contributed by atoms with Crippen molar-refractivity contribution in [1.29, 1.82) is 0 Å². The predicted molar refractivity (Wildman–Crippen MR) is 163 cm³/mol. The third-order valence-corrected chi connectivity index (χ3v) is 8.77. The lowest BCUT2D eigenvalue weighted by molar-refractivity contribution is -0.134. The summed E-state index contributed by atoms with van der Waals surface area (Å²) in [6, 6.07) is 25.3. The van der Waals surface area contributed by atoms with Gasteiger partial charge in [0.15, 0.2) is 0 Å². The highest BCUT2D eigenvalue weighted by atomic mass is 32.2. The van der Waals surface area contributed by atoms with Crippen LogP contribution in [0.1, 0.15) is 16.4 Å². The molecule has 0 N–H and O–H groups in total. The van der Waals surface area contributed by atoms with Gasteiger partial charge in [0.2, 0.25) is 11.8 Å². The molecule has 2 amide bonds. The molecule has 3 heterocycles. The number of hydrogen-bond acceptors (Lipinski definition) is 7. The van der Waals surface area contributed by atoms with Crippen LogP contribution in [0.5, 0.6) is 11.5 Å². The first-order valence-corrected chi connectivity index (χ1v) is 14.9. The second-order valence-electron chi connectivity index (χ2n) is 9.97. The number of carbonyl (C=O) groups is 2. The van der Waals surface area contributed by atoms with Gasteiger partial charge in [-0.2, -0.15) is 5.10 Å². The third-order valence-electron chi connectivity index (χ3n) is 7.53. The van der Waals surface area contributed by atoms with E-state index in [1.54, 1.807) is 28.7 Å². The monoisotopic (exact) mass is 584 g/mol. The number of rotatable bonds is 7. The van der Waals surface area contributed by atoms with Gasteiger partial charge in [0, 0.05) is 29.8 Å². The van der Waals surface area contributed by atoms with Gasteiger partial charge in [0.25, 0.3) is 0 Å². The van der Waals surface area contributed by atoms with Crippen molar-refractivity contribution in [2.45, 2.75) is 5.25 Å². The van der Waals surface area contributed by atoms with E-state index in [1.807, 2.05) is 78.9 Å². The molecule has 9 nitrogen and oxygen atoms in total. The number of fused-ring (bicyclic) bond motifs is 1. The predicted octanol–water partition coefficient (Wildman–Crippen LogP) is 4.58. The fourth-order valence-electron chi connectivity index (χ4n) is 5.41. The lowest BCUT2D eigenvalue weighted by atomic mass is 9.99. The first kappa shape index (κ1) is 27.9. The Morgan fingerprint density at radius 1 is 0.952 bits per heavy atom. The standard InChI is InChI=1S/C32H32N4O5S/c1-39-24-14-12-23(13-15-24)36-32-29(30(33-36)22-8-4-3-5-9-22)31(25-10-6-7-11-26(25)40-2)42-21-28(38)35(32)20-27(37)34-16-18-41-19-17-34/h3-15,31H,16-21H2,1-2H3. The Bertz CT molecular complexity index is 1570. The molecule has 1 aromatic heterocycles. The molecule has 1 unspecified atom stereocenters. The first-order valence-electron chi connectivity index (χ1n) is 13.8. The molecule has 42 heavy (non-hydrogen) atoms. The first-order chi connectivity index (χ1) is 20.6. The van der Waals surface area contributed by atoms with Crippen molar-refractivity contribution in [2.24, 2.45) is 0 Å². The second-order valence-corrected chi connectivity index (χ2v) is 11.1. The van der Waals surface area contributed by atoms with Crippen molar-refractivity contribution < 1.29 is 23.8 Å². The molecule has 216 valence electrons. The molecule has 1 fully saturated rings. The summed E-state index contributed by atoms with van der Waals surface area (Å²) in [5.74, 6) is 1.91. The molecule has 6 rings (SSSR count). The zero-order valence-electron chi connectivity index (χ0n) is 23.6. The summed E-state index contributed by atoms with van der Waals surface area (Å²) >= 11 is 1.52. The number of amides is 2. The summed E-state index contributed by atoms with van der Waals surface area (Å²) in [6.45, 7) is 1.87. The van der Waals surface area contributed by atoms with Crippen molar-refractivity contribution in [3.63, 3.8) is 0 Å². The number of para-hydroxylation sites is 1. The van der Waals surface area contributed by atoms with Gasteiger partial charge in [0.05, 0.1) is 49.8 Å². The highest BCUT2D eigenvalue weighted by Crippen LogP contribution is 2.50. The maximum Gasteiger partial charge on any atom is 0.242 e. The van der Waals surface area contributed by atoms with Crippen molar-refractivity contribution in [3.8, 4) is 28.4 Å². The molecule has 0 saturated carbocycles. The SMILES string of the molecule is COc1ccc(-n2nc(-c3ccccc3)c3c2N(CC(=O)N2CCOCC2)C(=O)CSC3c2ccccc2OC)cc1. The highest BCUT2D eigenvalue weighted by Gasteiger charge is 2.39. The Labute approximate surface area is 249 Å². The Balaban J connectivity index is 1.59. The minimum atomic E-state index is -0.286. The molecular formula is C32H32N4O5S. The molecule has 1 saturated heterocycles. The quantitative estimate of drug-likeness (QED) is 0.314. The van der Waals surface area contributed by atoms with Crippen molar-refractivity contribution in [2.75, 3.05) is 57.7 Å². The number of nitrogens with zero attached hydrogens (tertiary/aromatic N) is 4. The summed E-state index contributed by atoms with van der Waals surface area (Å²) < 4.78 is 18.4. The Morgan fingerprint density at radius 2 is 1.67 bits per heavy atom. The van der Waals surface area contributed by atoms with Gasteiger partial charge in [-0.1, -0.05) is 48.5 Å². The van der Waals surface area contributed by atoms with E-state index in [2.05, 4.69) is 0 Å². The van der Waals surface area contributed by atoms with Gasteiger partial charge in [-0.15, -0.1) is 11.8 Å². The van der Waals surface area contributed by atoms with Crippen LogP contribution in [0.15, 0.2) is 78.9 Å².